The molecule has 2 aliphatic rings. The SMILES string of the molecule is CCCCOc1ccc(C(=O)Nc2ccc(OC[C@@H]3CCCN4CCCCC34)cc2)cc1. The molecule has 5 nitrogen and oxygen atoms in total. The van der Waals surface area contributed by atoms with Crippen molar-refractivity contribution in [1.29, 1.82) is 0 Å². The molecule has 4 rings (SSSR count). The number of piperidine rings is 2. The fraction of sp³-hybridized carbons (Fsp3) is 0.519. The number of carbonyl (C=O) groups excluding carboxylic acids is 1. The Bertz CT molecular complexity index is 848. The first-order valence-corrected chi connectivity index (χ1v) is 12.2. The Morgan fingerprint density at radius 1 is 0.938 bits per heavy atom. The van der Waals surface area contributed by atoms with Crippen LogP contribution in [0.1, 0.15) is 62.2 Å². The first-order chi connectivity index (χ1) is 15.7. The second-order valence-corrected chi connectivity index (χ2v) is 9.02. The molecule has 0 aliphatic carbocycles. The number of rotatable bonds is 9. The van der Waals surface area contributed by atoms with Gasteiger partial charge in [-0.2, -0.15) is 0 Å². The number of nitrogens with one attached hydrogen (secondary N) is 1. The summed E-state index contributed by atoms with van der Waals surface area (Å²) in [5, 5.41) is 2.96. The minimum Gasteiger partial charge on any atom is -0.494 e. The zero-order chi connectivity index (χ0) is 22.2. The van der Waals surface area contributed by atoms with Crippen LogP contribution in [-0.4, -0.2) is 43.2 Å². The summed E-state index contributed by atoms with van der Waals surface area (Å²) < 4.78 is 11.8. The number of unbranched alkanes of at least 4 members (excludes halogenated alkanes) is 1. The van der Waals surface area contributed by atoms with Gasteiger partial charge >= 0.3 is 0 Å². The van der Waals surface area contributed by atoms with Crippen LogP contribution in [0.3, 0.4) is 0 Å². The minimum absolute atomic E-state index is 0.127. The number of ether oxygens (including phenoxy) is 2. The van der Waals surface area contributed by atoms with Gasteiger partial charge in [0.1, 0.15) is 11.5 Å². The zero-order valence-corrected chi connectivity index (χ0v) is 19.2. The van der Waals surface area contributed by atoms with E-state index in [9.17, 15) is 4.79 Å². The Balaban J connectivity index is 1.25. The summed E-state index contributed by atoms with van der Waals surface area (Å²) in [5.41, 5.74) is 1.38. The lowest BCUT2D eigenvalue weighted by atomic mass is 9.84. The number of benzene rings is 2. The molecule has 0 spiro atoms. The highest BCUT2D eigenvalue weighted by molar-refractivity contribution is 6.04. The van der Waals surface area contributed by atoms with E-state index in [-0.39, 0.29) is 5.91 Å². The molecule has 0 aromatic heterocycles. The fourth-order valence-electron chi connectivity index (χ4n) is 4.85. The van der Waals surface area contributed by atoms with Crippen molar-refractivity contribution in [3.8, 4) is 11.5 Å². The standard InChI is InChI=1S/C27H36N2O3/c1-2-3-19-31-24-13-9-21(10-14-24)27(30)28-23-11-15-25(16-12-23)32-20-22-7-6-18-29-17-5-4-8-26(22)29/h9-16,22,26H,2-8,17-20H2,1H3,(H,28,30)/t22-,26?/m0/s1. The van der Waals surface area contributed by atoms with Crippen LogP contribution < -0.4 is 14.8 Å². The molecule has 0 saturated carbocycles. The van der Waals surface area contributed by atoms with E-state index in [1.54, 1.807) is 12.1 Å². The third kappa shape index (κ3) is 6.04. The molecule has 2 saturated heterocycles. The molecule has 1 N–H and O–H groups in total. The van der Waals surface area contributed by atoms with Crippen LogP contribution in [0.15, 0.2) is 48.5 Å². The fourth-order valence-corrected chi connectivity index (χ4v) is 4.85. The van der Waals surface area contributed by atoms with E-state index in [0.29, 0.717) is 24.1 Å². The number of hydrogen-bond donors (Lipinski definition) is 1. The van der Waals surface area contributed by atoms with E-state index in [2.05, 4.69) is 17.1 Å². The maximum atomic E-state index is 12.5. The van der Waals surface area contributed by atoms with Crippen molar-refractivity contribution in [3.05, 3.63) is 54.1 Å². The van der Waals surface area contributed by atoms with Gasteiger partial charge in [-0.25, -0.2) is 0 Å². The van der Waals surface area contributed by atoms with Gasteiger partial charge in [0.15, 0.2) is 0 Å². The van der Waals surface area contributed by atoms with Crippen molar-refractivity contribution in [2.75, 3.05) is 31.6 Å². The molecule has 2 heterocycles. The summed E-state index contributed by atoms with van der Waals surface area (Å²) in [6, 6.07) is 15.7. The maximum absolute atomic E-state index is 12.5. The van der Waals surface area contributed by atoms with E-state index in [4.69, 9.17) is 9.47 Å². The largest absolute Gasteiger partial charge is 0.494 e. The second-order valence-electron chi connectivity index (χ2n) is 9.02. The van der Waals surface area contributed by atoms with Gasteiger partial charge in [0.25, 0.3) is 5.91 Å². The predicted octanol–water partition coefficient (Wildman–Crippen LogP) is 5.76. The van der Waals surface area contributed by atoms with Gasteiger partial charge in [-0.1, -0.05) is 19.8 Å². The van der Waals surface area contributed by atoms with Crippen LogP contribution in [0.25, 0.3) is 0 Å². The third-order valence-corrected chi connectivity index (χ3v) is 6.69. The lowest BCUT2D eigenvalue weighted by molar-refractivity contribution is 0.0366. The smallest absolute Gasteiger partial charge is 0.255 e. The summed E-state index contributed by atoms with van der Waals surface area (Å²) in [4.78, 5) is 15.2. The highest BCUT2D eigenvalue weighted by atomic mass is 16.5. The summed E-state index contributed by atoms with van der Waals surface area (Å²) in [6.07, 6.45) is 8.67. The van der Waals surface area contributed by atoms with Crippen molar-refractivity contribution < 1.29 is 14.3 Å². The third-order valence-electron chi connectivity index (χ3n) is 6.69. The molecular weight excluding hydrogens is 400 g/mol. The van der Waals surface area contributed by atoms with Gasteiger partial charge in [-0.05, 0) is 93.7 Å². The van der Waals surface area contributed by atoms with Crippen molar-refractivity contribution >= 4 is 11.6 Å². The molecule has 2 aromatic rings. The van der Waals surface area contributed by atoms with E-state index < -0.39 is 0 Å². The Morgan fingerprint density at radius 2 is 1.66 bits per heavy atom. The Hall–Kier alpha value is -2.53. The van der Waals surface area contributed by atoms with Crippen LogP contribution in [0.4, 0.5) is 5.69 Å². The van der Waals surface area contributed by atoms with Crippen LogP contribution in [0.2, 0.25) is 0 Å². The van der Waals surface area contributed by atoms with Crippen LogP contribution in [0, 0.1) is 5.92 Å². The number of anilines is 1. The topological polar surface area (TPSA) is 50.8 Å². The molecule has 0 bridgehead atoms. The van der Waals surface area contributed by atoms with Gasteiger partial charge < -0.3 is 14.8 Å². The van der Waals surface area contributed by atoms with E-state index in [0.717, 1.165) is 36.6 Å². The zero-order valence-electron chi connectivity index (χ0n) is 19.2. The number of nitrogens with zero attached hydrogens (tertiary/aromatic N) is 1. The van der Waals surface area contributed by atoms with Crippen LogP contribution in [0.5, 0.6) is 11.5 Å². The van der Waals surface area contributed by atoms with Gasteiger partial charge in [-0.15, -0.1) is 0 Å². The Labute approximate surface area is 192 Å². The molecule has 5 heteroatoms. The highest BCUT2D eigenvalue weighted by Gasteiger charge is 2.33. The van der Waals surface area contributed by atoms with Crippen LogP contribution >= 0.6 is 0 Å². The van der Waals surface area contributed by atoms with Crippen molar-refractivity contribution in [1.82, 2.24) is 4.90 Å². The normalized spacial score (nSPS) is 20.9. The van der Waals surface area contributed by atoms with Gasteiger partial charge in [0.2, 0.25) is 0 Å². The van der Waals surface area contributed by atoms with Gasteiger partial charge in [-0.3, -0.25) is 9.69 Å². The first-order valence-electron chi connectivity index (χ1n) is 12.2. The molecule has 1 unspecified atom stereocenters. The Morgan fingerprint density at radius 3 is 2.44 bits per heavy atom. The molecule has 2 atom stereocenters. The number of carbonyl (C=O) groups is 1. The van der Waals surface area contributed by atoms with Crippen molar-refractivity contribution in [2.24, 2.45) is 5.92 Å². The molecule has 2 fully saturated rings. The summed E-state index contributed by atoms with van der Waals surface area (Å²) in [6.45, 7) is 6.13. The number of hydrogen-bond acceptors (Lipinski definition) is 4. The first kappa shape index (κ1) is 22.7. The summed E-state index contributed by atoms with van der Waals surface area (Å²) >= 11 is 0. The summed E-state index contributed by atoms with van der Waals surface area (Å²) in [5.74, 6) is 2.16. The molecule has 1 amide bonds. The maximum Gasteiger partial charge on any atom is 0.255 e. The molecule has 2 aromatic carbocycles. The quantitative estimate of drug-likeness (QED) is 0.508. The average molecular weight is 437 g/mol. The molecule has 2 aliphatic heterocycles. The van der Waals surface area contributed by atoms with Crippen LogP contribution in [-0.2, 0) is 0 Å². The van der Waals surface area contributed by atoms with Crippen molar-refractivity contribution in [3.63, 3.8) is 0 Å². The van der Waals surface area contributed by atoms with E-state index in [1.165, 1.54) is 45.2 Å². The molecule has 32 heavy (non-hydrogen) atoms. The van der Waals surface area contributed by atoms with E-state index in [1.807, 2.05) is 36.4 Å². The van der Waals surface area contributed by atoms with E-state index >= 15 is 0 Å². The minimum atomic E-state index is -0.127. The highest BCUT2D eigenvalue weighted by Crippen LogP contribution is 2.31. The average Bonchev–Trinajstić information content (AvgIpc) is 2.84. The predicted molar refractivity (Wildman–Crippen MR) is 129 cm³/mol. The second kappa shape index (κ2) is 11.4. The number of amides is 1. The molecule has 172 valence electrons. The number of fused-ring (bicyclic) bond motifs is 1. The lowest BCUT2D eigenvalue weighted by Gasteiger charge is -2.44. The summed E-state index contributed by atoms with van der Waals surface area (Å²) in [7, 11) is 0. The Kier molecular flexibility index (Phi) is 8.05. The monoisotopic (exact) mass is 436 g/mol. The molecular formula is C27H36N2O3. The van der Waals surface area contributed by atoms with Gasteiger partial charge in [0, 0.05) is 23.2 Å². The van der Waals surface area contributed by atoms with Gasteiger partial charge in [0.05, 0.1) is 13.2 Å². The van der Waals surface area contributed by atoms with Crippen molar-refractivity contribution in [2.45, 2.75) is 57.9 Å². The lowest BCUT2D eigenvalue weighted by Crippen LogP contribution is -2.49. The molecule has 0 radical (unpaired) electrons.